The highest BCUT2D eigenvalue weighted by molar-refractivity contribution is 8.13. The summed E-state index contributed by atoms with van der Waals surface area (Å²) >= 11 is 0. The molecule has 1 rings (SSSR count). The molecular weight excluding hydrogens is 268 g/mol. The number of amides is 1. The van der Waals surface area contributed by atoms with Gasteiger partial charge in [0, 0.05) is 30.6 Å². The molecule has 0 saturated carbocycles. The van der Waals surface area contributed by atoms with E-state index in [0.29, 0.717) is 0 Å². The number of rotatable bonds is 3. The van der Waals surface area contributed by atoms with Gasteiger partial charge in [-0.05, 0) is 6.07 Å². The van der Waals surface area contributed by atoms with Crippen LogP contribution in [-0.2, 0) is 13.8 Å². The van der Waals surface area contributed by atoms with Crippen LogP contribution in [0.25, 0.3) is 0 Å². The summed E-state index contributed by atoms with van der Waals surface area (Å²) in [5.74, 6) is -0.903. The minimum absolute atomic E-state index is 0.0376. The van der Waals surface area contributed by atoms with Gasteiger partial charge in [-0.25, -0.2) is 13.4 Å². The molecule has 1 aromatic rings. The number of nitrogens with zero attached hydrogens (tertiary/aromatic N) is 1. The molecule has 92 valence electrons. The highest BCUT2D eigenvalue weighted by Gasteiger charge is 2.15. The molecule has 8 heteroatoms. The summed E-state index contributed by atoms with van der Waals surface area (Å²) in [6, 6.07) is 2.13. The highest BCUT2D eigenvalue weighted by Crippen LogP contribution is 2.19. The lowest BCUT2D eigenvalue weighted by Crippen LogP contribution is -2.10. The largest absolute Gasteiger partial charge is 0.311 e. The molecule has 17 heavy (non-hydrogen) atoms. The van der Waals surface area contributed by atoms with Crippen molar-refractivity contribution in [2.75, 3.05) is 5.32 Å². The van der Waals surface area contributed by atoms with Gasteiger partial charge in [0.25, 0.3) is 9.05 Å². The fraction of sp³-hybridized carbons (Fsp3) is 0.222. The van der Waals surface area contributed by atoms with E-state index in [0.717, 1.165) is 12.1 Å². The van der Waals surface area contributed by atoms with E-state index >= 15 is 0 Å². The monoisotopic (exact) mass is 276 g/mol. The Labute approximate surface area is 102 Å². The van der Waals surface area contributed by atoms with Gasteiger partial charge in [0.1, 0.15) is 11.5 Å². The molecule has 1 aromatic heterocycles. The molecule has 0 radical (unpaired) electrons. The van der Waals surface area contributed by atoms with Crippen LogP contribution < -0.4 is 5.32 Å². The van der Waals surface area contributed by atoms with Crippen molar-refractivity contribution in [1.82, 2.24) is 4.98 Å². The molecule has 0 aliphatic carbocycles. The van der Waals surface area contributed by atoms with E-state index in [2.05, 4.69) is 10.3 Å². The van der Waals surface area contributed by atoms with Crippen molar-refractivity contribution in [3.63, 3.8) is 0 Å². The number of Topliss-reactive ketones (excluding diaryl/α,β-unsaturated/α-hetero) is 1. The second kappa shape index (κ2) is 4.80. The van der Waals surface area contributed by atoms with Crippen LogP contribution in [0.1, 0.15) is 24.3 Å². The van der Waals surface area contributed by atoms with E-state index in [1.807, 2.05) is 0 Å². The zero-order valence-corrected chi connectivity index (χ0v) is 10.6. The summed E-state index contributed by atoms with van der Waals surface area (Å²) in [6.45, 7) is 2.46. The minimum atomic E-state index is -3.99. The average molecular weight is 277 g/mol. The van der Waals surface area contributed by atoms with Crippen LogP contribution in [0.2, 0.25) is 0 Å². The molecule has 0 aliphatic heterocycles. The molecule has 0 aromatic carbocycles. The van der Waals surface area contributed by atoms with Gasteiger partial charge in [-0.15, -0.1) is 0 Å². The molecule has 0 aliphatic rings. The molecule has 0 spiro atoms. The number of nitrogens with one attached hydrogen (secondary N) is 1. The first-order valence-corrected chi connectivity index (χ1v) is 6.76. The highest BCUT2D eigenvalue weighted by atomic mass is 35.7. The fourth-order valence-corrected chi connectivity index (χ4v) is 1.84. The first kappa shape index (κ1) is 13.6. The molecular formula is C9H9ClN2O4S. The third kappa shape index (κ3) is 3.79. The minimum Gasteiger partial charge on any atom is -0.311 e. The quantitative estimate of drug-likeness (QED) is 0.661. The van der Waals surface area contributed by atoms with E-state index in [9.17, 15) is 18.0 Å². The van der Waals surface area contributed by atoms with E-state index in [1.54, 1.807) is 0 Å². The third-order valence-corrected chi connectivity index (χ3v) is 3.08. The zero-order chi connectivity index (χ0) is 13.2. The number of hydrogen-bond acceptors (Lipinski definition) is 5. The molecule has 0 bridgehead atoms. The summed E-state index contributed by atoms with van der Waals surface area (Å²) < 4.78 is 22.3. The number of anilines is 1. The molecule has 0 unspecified atom stereocenters. The van der Waals surface area contributed by atoms with Crippen LogP contribution in [0, 0.1) is 0 Å². The second-order valence-corrected chi connectivity index (χ2v) is 5.81. The van der Waals surface area contributed by atoms with Crippen LogP contribution in [0.5, 0.6) is 0 Å². The number of aromatic nitrogens is 1. The first-order valence-electron chi connectivity index (χ1n) is 4.45. The standard InChI is InChI=1S/C9H9ClN2O4S/c1-5(13)8-3-7(17(10,15)16)4-9(12-8)11-6(2)14/h3-4H,1-2H3,(H,11,12,14). The Morgan fingerprint density at radius 1 is 1.29 bits per heavy atom. The van der Waals surface area contributed by atoms with Gasteiger partial charge in [0.2, 0.25) is 5.91 Å². The predicted octanol–water partition coefficient (Wildman–Crippen LogP) is 1.17. The van der Waals surface area contributed by atoms with E-state index < -0.39 is 20.7 Å². The predicted molar refractivity (Wildman–Crippen MR) is 61.6 cm³/mol. The van der Waals surface area contributed by atoms with Crippen molar-refractivity contribution in [1.29, 1.82) is 0 Å². The van der Waals surface area contributed by atoms with Gasteiger partial charge >= 0.3 is 0 Å². The Kier molecular flexibility index (Phi) is 3.84. The maximum atomic E-state index is 11.2. The summed E-state index contributed by atoms with van der Waals surface area (Å²) in [5, 5.41) is 2.29. The summed E-state index contributed by atoms with van der Waals surface area (Å²) in [6.07, 6.45) is 0. The Morgan fingerprint density at radius 2 is 1.88 bits per heavy atom. The van der Waals surface area contributed by atoms with Gasteiger partial charge in [-0.1, -0.05) is 0 Å². The van der Waals surface area contributed by atoms with Crippen molar-refractivity contribution in [2.45, 2.75) is 18.7 Å². The average Bonchev–Trinajstić information content (AvgIpc) is 2.14. The van der Waals surface area contributed by atoms with Crippen LogP contribution in [0.3, 0.4) is 0 Å². The van der Waals surface area contributed by atoms with Crippen molar-refractivity contribution in [3.05, 3.63) is 17.8 Å². The molecule has 0 fully saturated rings. The smallest absolute Gasteiger partial charge is 0.261 e. The fourth-order valence-electron chi connectivity index (χ4n) is 1.07. The van der Waals surface area contributed by atoms with Gasteiger partial charge < -0.3 is 5.32 Å². The molecule has 0 saturated heterocycles. The van der Waals surface area contributed by atoms with Crippen LogP contribution in [0.15, 0.2) is 17.0 Å². The third-order valence-electron chi connectivity index (χ3n) is 1.75. The van der Waals surface area contributed by atoms with Crippen LogP contribution in [-0.4, -0.2) is 25.1 Å². The van der Waals surface area contributed by atoms with Gasteiger partial charge in [-0.3, -0.25) is 9.59 Å². The van der Waals surface area contributed by atoms with Gasteiger partial charge in [0.05, 0.1) is 4.90 Å². The van der Waals surface area contributed by atoms with Crippen molar-refractivity contribution >= 4 is 37.2 Å². The molecule has 6 nitrogen and oxygen atoms in total. The SMILES string of the molecule is CC(=O)Nc1cc(S(=O)(=O)Cl)cc(C(C)=O)n1. The normalized spacial score (nSPS) is 11.0. The van der Waals surface area contributed by atoms with Gasteiger partial charge in [0.15, 0.2) is 5.78 Å². The van der Waals surface area contributed by atoms with E-state index in [1.165, 1.54) is 13.8 Å². The molecule has 1 N–H and O–H groups in total. The Hall–Kier alpha value is -1.47. The Balaban J connectivity index is 3.39. The number of carbonyl (C=O) groups is 2. The number of hydrogen-bond donors (Lipinski definition) is 1. The maximum absolute atomic E-state index is 11.2. The topological polar surface area (TPSA) is 93.2 Å². The lowest BCUT2D eigenvalue weighted by Gasteiger charge is -2.05. The Morgan fingerprint density at radius 3 is 2.29 bits per heavy atom. The summed E-state index contributed by atoms with van der Waals surface area (Å²) in [7, 11) is 1.18. The summed E-state index contributed by atoms with van der Waals surface area (Å²) in [4.78, 5) is 25.5. The Bertz CT molecular complexity index is 583. The number of halogens is 1. The molecule has 0 atom stereocenters. The number of ketones is 1. The lowest BCUT2D eigenvalue weighted by molar-refractivity contribution is -0.114. The van der Waals surface area contributed by atoms with Gasteiger partial charge in [-0.2, -0.15) is 0 Å². The lowest BCUT2D eigenvalue weighted by atomic mass is 10.3. The van der Waals surface area contributed by atoms with Crippen molar-refractivity contribution in [2.24, 2.45) is 0 Å². The van der Waals surface area contributed by atoms with Crippen LogP contribution in [0.4, 0.5) is 5.82 Å². The first-order chi connectivity index (χ1) is 7.70. The summed E-state index contributed by atoms with van der Waals surface area (Å²) in [5.41, 5.74) is -0.0875. The zero-order valence-electron chi connectivity index (χ0n) is 9.02. The maximum Gasteiger partial charge on any atom is 0.261 e. The van der Waals surface area contributed by atoms with Crippen molar-refractivity contribution < 1.29 is 18.0 Å². The van der Waals surface area contributed by atoms with Crippen LogP contribution >= 0.6 is 10.7 Å². The van der Waals surface area contributed by atoms with Crippen molar-refractivity contribution in [3.8, 4) is 0 Å². The van der Waals surface area contributed by atoms with E-state index in [-0.39, 0.29) is 16.4 Å². The molecule has 1 heterocycles. The number of carbonyl (C=O) groups excluding carboxylic acids is 2. The number of pyridine rings is 1. The molecule has 1 amide bonds. The van der Waals surface area contributed by atoms with E-state index in [4.69, 9.17) is 10.7 Å². The second-order valence-electron chi connectivity index (χ2n) is 3.25.